The van der Waals surface area contributed by atoms with Crippen LogP contribution in [0.15, 0.2) is 60.7 Å². The first kappa shape index (κ1) is 16.2. The quantitative estimate of drug-likeness (QED) is 0.940. The van der Waals surface area contributed by atoms with Crippen molar-refractivity contribution in [1.82, 2.24) is 10.2 Å². The Balaban J connectivity index is 1.79. The summed E-state index contributed by atoms with van der Waals surface area (Å²) in [7, 11) is 0. The summed E-state index contributed by atoms with van der Waals surface area (Å²) in [5.74, 6) is 0.156. The minimum absolute atomic E-state index is 0.0213. The van der Waals surface area contributed by atoms with Gasteiger partial charge in [-0.2, -0.15) is 0 Å². The van der Waals surface area contributed by atoms with Crippen molar-refractivity contribution in [2.75, 3.05) is 19.6 Å². The van der Waals surface area contributed by atoms with Crippen LogP contribution in [0.2, 0.25) is 0 Å². The second-order valence-corrected chi connectivity index (χ2v) is 6.06. The van der Waals surface area contributed by atoms with Crippen LogP contribution in [0.5, 0.6) is 0 Å². The summed E-state index contributed by atoms with van der Waals surface area (Å²) >= 11 is 0. The van der Waals surface area contributed by atoms with Crippen LogP contribution in [0.3, 0.4) is 0 Å². The molecule has 0 bridgehead atoms. The van der Waals surface area contributed by atoms with Crippen LogP contribution >= 0.6 is 0 Å². The van der Waals surface area contributed by atoms with Crippen molar-refractivity contribution in [1.29, 1.82) is 0 Å². The summed E-state index contributed by atoms with van der Waals surface area (Å²) in [6, 6.07) is 20.3. The number of hydrogen-bond donors (Lipinski definition) is 1. The number of hydrogen-bond acceptors (Lipinski definition) is 2. The average molecular weight is 322 g/mol. The maximum atomic E-state index is 12.8. The van der Waals surface area contributed by atoms with Gasteiger partial charge in [-0.25, -0.2) is 0 Å². The lowest BCUT2D eigenvalue weighted by atomic mass is 9.88. The van der Waals surface area contributed by atoms with Gasteiger partial charge in [-0.15, -0.1) is 0 Å². The minimum atomic E-state index is 0.0213. The molecule has 0 unspecified atom stereocenters. The van der Waals surface area contributed by atoms with Crippen molar-refractivity contribution >= 4 is 11.8 Å². The third-order valence-electron chi connectivity index (χ3n) is 4.45. The van der Waals surface area contributed by atoms with Crippen molar-refractivity contribution in [2.24, 2.45) is 0 Å². The van der Waals surface area contributed by atoms with E-state index in [0.29, 0.717) is 32.5 Å². The van der Waals surface area contributed by atoms with Gasteiger partial charge in [-0.3, -0.25) is 9.59 Å². The molecule has 0 atom stereocenters. The third kappa shape index (κ3) is 4.02. The number of nitrogens with zero attached hydrogens (tertiary/aromatic N) is 1. The van der Waals surface area contributed by atoms with E-state index in [1.807, 2.05) is 36.4 Å². The van der Waals surface area contributed by atoms with Gasteiger partial charge >= 0.3 is 0 Å². The Hall–Kier alpha value is -2.62. The van der Waals surface area contributed by atoms with Gasteiger partial charge in [-0.1, -0.05) is 60.7 Å². The van der Waals surface area contributed by atoms with E-state index >= 15 is 0 Å². The van der Waals surface area contributed by atoms with Crippen molar-refractivity contribution in [3.05, 3.63) is 71.8 Å². The first-order valence-corrected chi connectivity index (χ1v) is 8.38. The fourth-order valence-electron chi connectivity index (χ4n) is 3.12. The van der Waals surface area contributed by atoms with Gasteiger partial charge < -0.3 is 10.2 Å². The Kier molecular flexibility index (Phi) is 5.26. The predicted octanol–water partition coefficient (Wildman–Crippen LogP) is 2.56. The summed E-state index contributed by atoms with van der Waals surface area (Å²) in [6.45, 7) is 1.62. The van der Waals surface area contributed by atoms with Crippen LogP contribution < -0.4 is 5.32 Å². The van der Waals surface area contributed by atoms with Crippen LogP contribution in [-0.2, 0) is 9.59 Å². The molecule has 0 radical (unpaired) electrons. The maximum Gasteiger partial charge on any atom is 0.223 e. The van der Waals surface area contributed by atoms with Gasteiger partial charge in [0, 0.05) is 38.4 Å². The van der Waals surface area contributed by atoms with E-state index in [1.165, 1.54) is 0 Å². The zero-order valence-electron chi connectivity index (χ0n) is 13.7. The van der Waals surface area contributed by atoms with E-state index in [1.54, 1.807) is 4.90 Å². The van der Waals surface area contributed by atoms with Crippen LogP contribution in [0.4, 0.5) is 0 Å². The highest BCUT2D eigenvalue weighted by Gasteiger charge is 2.23. The van der Waals surface area contributed by atoms with Crippen LogP contribution in [0, 0.1) is 0 Å². The van der Waals surface area contributed by atoms with Crippen molar-refractivity contribution in [3.8, 4) is 0 Å². The van der Waals surface area contributed by atoms with Crippen LogP contribution in [0.1, 0.15) is 29.9 Å². The lowest BCUT2D eigenvalue weighted by molar-refractivity contribution is -0.131. The summed E-state index contributed by atoms with van der Waals surface area (Å²) < 4.78 is 0. The Morgan fingerprint density at radius 3 is 2.12 bits per heavy atom. The molecule has 1 heterocycles. The summed E-state index contributed by atoms with van der Waals surface area (Å²) in [5.41, 5.74) is 2.28. The molecule has 1 saturated heterocycles. The molecule has 0 spiro atoms. The normalized spacial score (nSPS) is 15.0. The predicted molar refractivity (Wildman–Crippen MR) is 93.6 cm³/mol. The van der Waals surface area contributed by atoms with Crippen LogP contribution in [-0.4, -0.2) is 36.3 Å². The second kappa shape index (κ2) is 7.77. The molecule has 2 aromatic carbocycles. The topological polar surface area (TPSA) is 49.4 Å². The Labute approximate surface area is 142 Å². The van der Waals surface area contributed by atoms with Gasteiger partial charge in [0.1, 0.15) is 0 Å². The monoisotopic (exact) mass is 322 g/mol. The molecular formula is C20H22N2O2. The van der Waals surface area contributed by atoms with E-state index in [9.17, 15) is 9.59 Å². The zero-order chi connectivity index (χ0) is 16.8. The molecule has 1 fully saturated rings. The highest BCUT2D eigenvalue weighted by Crippen LogP contribution is 2.28. The van der Waals surface area contributed by atoms with Crippen LogP contribution in [0.25, 0.3) is 0 Å². The number of nitrogens with one attached hydrogen (secondary N) is 1. The summed E-state index contributed by atoms with van der Waals surface area (Å²) in [4.78, 5) is 26.1. The Morgan fingerprint density at radius 1 is 0.958 bits per heavy atom. The van der Waals surface area contributed by atoms with E-state index in [4.69, 9.17) is 0 Å². The van der Waals surface area contributed by atoms with Gasteiger partial charge in [0.25, 0.3) is 0 Å². The smallest absolute Gasteiger partial charge is 0.223 e. The highest BCUT2D eigenvalue weighted by molar-refractivity contribution is 5.81. The molecule has 4 heteroatoms. The Bertz CT molecular complexity index is 646. The maximum absolute atomic E-state index is 12.8. The molecule has 124 valence electrons. The number of benzene rings is 2. The summed E-state index contributed by atoms with van der Waals surface area (Å²) in [5, 5.41) is 2.81. The standard InChI is InChI=1S/C20H22N2O2/c23-19-11-13-22(14-12-21-19)20(24)15-18(16-7-3-1-4-8-16)17-9-5-2-6-10-17/h1-10,18H,11-15H2,(H,21,23). The molecule has 1 N–H and O–H groups in total. The average Bonchev–Trinajstić information content (AvgIpc) is 2.85. The molecule has 0 aliphatic carbocycles. The number of rotatable bonds is 4. The highest BCUT2D eigenvalue weighted by atomic mass is 16.2. The lowest BCUT2D eigenvalue weighted by Gasteiger charge is -2.24. The van der Waals surface area contributed by atoms with E-state index in [-0.39, 0.29) is 17.7 Å². The van der Waals surface area contributed by atoms with E-state index in [0.717, 1.165) is 11.1 Å². The first-order valence-electron chi connectivity index (χ1n) is 8.38. The molecule has 1 aliphatic heterocycles. The first-order chi connectivity index (χ1) is 11.7. The largest absolute Gasteiger partial charge is 0.354 e. The number of amides is 2. The Morgan fingerprint density at radius 2 is 1.54 bits per heavy atom. The zero-order valence-corrected chi connectivity index (χ0v) is 13.7. The molecule has 24 heavy (non-hydrogen) atoms. The van der Waals surface area contributed by atoms with Crippen molar-refractivity contribution in [2.45, 2.75) is 18.8 Å². The number of carbonyl (C=O) groups is 2. The van der Waals surface area contributed by atoms with Gasteiger partial charge in [0.05, 0.1) is 0 Å². The molecule has 2 aromatic rings. The SMILES string of the molecule is O=C1CCN(C(=O)CC(c2ccccc2)c2ccccc2)CCN1. The molecule has 1 aliphatic rings. The van der Waals surface area contributed by atoms with Crippen molar-refractivity contribution in [3.63, 3.8) is 0 Å². The second-order valence-electron chi connectivity index (χ2n) is 6.06. The molecule has 2 amide bonds. The fourth-order valence-corrected chi connectivity index (χ4v) is 3.12. The molecule has 0 saturated carbocycles. The fraction of sp³-hybridized carbons (Fsp3) is 0.300. The van der Waals surface area contributed by atoms with E-state index in [2.05, 4.69) is 29.6 Å². The van der Waals surface area contributed by atoms with Crippen molar-refractivity contribution < 1.29 is 9.59 Å². The lowest BCUT2D eigenvalue weighted by Crippen LogP contribution is -2.35. The molecular weight excluding hydrogens is 300 g/mol. The third-order valence-corrected chi connectivity index (χ3v) is 4.45. The molecule has 3 rings (SSSR count). The van der Waals surface area contributed by atoms with Gasteiger partial charge in [0.2, 0.25) is 11.8 Å². The van der Waals surface area contributed by atoms with Gasteiger partial charge in [0.15, 0.2) is 0 Å². The molecule has 4 nitrogen and oxygen atoms in total. The van der Waals surface area contributed by atoms with Gasteiger partial charge in [-0.05, 0) is 11.1 Å². The minimum Gasteiger partial charge on any atom is -0.354 e. The molecule has 0 aromatic heterocycles. The summed E-state index contributed by atoms with van der Waals surface area (Å²) in [6.07, 6.45) is 0.801. The van der Waals surface area contributed by atoms with E-state index < -0.39 is 0 Å². The number of carbonyl (C=O) groups excluding carboxylic acids is 2.